The highest BCUT2D eigenvalue weighted by molar-refractivity contribution is 6.10. The van der Waals surface area contributed by atoms with Gasteiger partial charge in [0.25, 0.3) is 0 Å². The highest BCUT2D eigenvalue weighted by Gasteiger charge is 2.74. The number of ketones is 1. The lowest BCUT2D eigenvalue weighted by Gasteiger charge is -2.71. The molecule has 8 heteroatoms. The van der Waals surface area contributed by atoms with Crippen LogP contribution >= 0.6 is 0 Å². The van der Waals surface area contributed by atoms with E-state index in [9.17, 15) is 25.2 Å². The Hall–Kier alpha value is -2.07. The van der Waals surface area contributed by atoms with Crippen molar-refractivity contribution in [2.75, 3.05) is 40.0 Å². The van der Waals surface area contributed by atoms with Crippen LogP contribution in [-0.2, 0) is 4.74 Å². The molecule has 0 aromatic heterocycles. The molecule has 4 fully saturated rings. The summed E-state index contributed by atoms with van der Waals surface area (Å²) >= 11 is 0. The second-order valence-corrected chi connectivity index (χ2v) is 16.0. The van der Waals surface area contributed by atoms with Crippen molar-refractivity contribution in [3.63, 3.8) is 0 Å². The molecular weight excluding hydrogens is 582 g/mol. The molecule has 6 aliphatic carbocycles. The summed E-state index contributed by atoms with van der Waals surface area (Å²) in [7, 11) is 1.62. The van der Waals surface area contributed by atoms with Crippen LogP contribution in [0.15, 0.2) is 48.1 Å². The number of Topliss-reactive ketones (excluding diaryl/α,β-unsaturated/α-hetero) is 1. The first-order valence-electron chi connectivity index (χ1n) is 17.6. The van der Waals surface area contributed by atoms with Crippen molar-refractivity contribution in [1.82, 2.24) is 4.90 Å². The second kappa shape index (κ2) is 11.5. The number of aliphatic hydroxyl groups is 4. The van der Waals surface area contributed by atoms with Gasteiger partial charge in [0.05, 0.1) is 37.6 Å². The molecular formula is C38H53NO7. The van der Waals surface area contributed by atoms with Crippen LogP contribution < -0.4 is 4.74 Å². The van der Waals surface area contributed by atoms with E-state index >= 15 is 0 Å². The Balaban J connectivity index is 1.29. The van der Waals surface area contributed by atoms with Crippen LogP contribution in [0.25, 0.3) is 0 Å². The Labute approximate surface area is 273 Å². The van der Waals surface area contributed by atoms with E-state index in [0.29, 0.717) is 37.2 Å². The topological polar surface area (TPSA) is 120 Å². The molecule has 7 aliphatic rings. The molecule has 1 aliphatic heterocycles. The quantitative estimate of drug-likeness (QED) is 0.222. The fourth-order valence-electron chi connectivity index (χ4n) is 11.5. The van der Waals surface area contributed by atoms with Crippen molar-refractivity contribution in [2.45, 2.75) is 95.5 Å². The molecule has 1 heterocycles. The molecule has 1 saturated heterocycles. The molecule has 8 rings (SSSR count). The lowest BCUT2D eigenvalue weighted by atomic mass is 9.32. The maximum absolute atomic E-state index is 14.7. The Morgan fingerprint density at radius 2 is 1.76 bits per heavy atom. The fourth-order valence-corrected chi connectivity index (χ4v) is 11.5. The number of carbonyl (C=O) groups excluding carboxylic acids is 1. The van der Waals surface area contributed by atoms with E-state index in [1.807, 2.05) is 24.3 Å². The summed E-state index contributed by atoms with van der Waals surface area (Å²) in [5, 5.41) is 44.0. The van der Waals surface area contributed by atoms with E-state index in [4.69, 9.17) is 9.47 Å². The minimum atomic E-state index is -1.04. The maximum atomic E-state index is 14.7. The predicted octanol–water partition coefficient (Wildman–Crippen LogP) is 4.30. The van der Waals surface area contributed by atoms with E-state index < -0.39 is 28.6 Å². The number of rotatable bonds is 10. The third-order valence-electron chi connectivity index (χ3n) is 14.0. The molecule has 10 atom stereocenters. The van der Waals surface area contributed by atoms with Gasteiger partial charge in [-0.25, -0.2) is 0 Å². The highest BCUT2D eigenvalue weighted by atomic mass is 16.5. The van der Waals surface area contributed by atoms with Crippen molar-refractivity contribution < 1.29 is 34.7 Å². The average molecular weight is 636 g/mol. The molecule has 1 aromatic rings. The van der Waals surface area contributed by atoms with E-state index in [2.05, 4.69) is 37.0 Å². The molecule has 3 saturated carbocycles. The van der Waals surface area contributed by atoms with Crippen LogP contribution in [-0.4, -0.2) is 95.0 Å². The number of methoxy groups -OCH3 is 1. The van der Waals surface area contributed by atoms with Gasteiger partial charge in [-0.05, 0) is 99.3 Å². The van der Waals surface area contributed by atoms with E-state index in [-0.39, 0.29) is 47.7 Å². The molecule has 2 spiro atoms. The Kier molecular flexibility index (Phi) is 8.14. The number of nitrogens with zero attached hydrogens (tertiary/aromatic N) is 1. The summed E-state index contributed by atoms with van der Waals surface area (Å²) in [6.07, 6.45) is 13.1. The van der Waals surface area contributed by atoms with Gasteiger partial charge in [-0.15, -0.1) is 0 Å². The number of ether oxygens (including phenoxy) is 2. The van der Waals surface area contributed by atoms with Gasteiger partial charge < -0.3 is 29.9 Å². The van der Waals surface area contributed by atoms with Gasteiger partial charge in [0.15, 0.2) is 5.78 Å². The number of allylic oxidation sites excluding steroid dienone is 4. The Bertz CT molecular complexity index is 1390. The summed E-state index contributed by atoms with van der Waals surface area (Å²) < 4.78 is 11.3. The number of fused-ring (bicyclic) bond motifs is 1. The lowest BCUT2D eigenvalue weighted by Crippen LogP contribution is -2.67. The lowest BCUT2D eigenvalue weighted by molar-refractivity contribution is -0.177. The molecule has 1 aromatic carbocycles. The monoisotopic (exact) mass is 635 g/mol. The zero-order valence-electron chi connectivity index (χ0n) is 27.8. The minimum Gasteiger partial charge on any atom is -0.497 e. The molecule has 4 N–H and O–H groups in total. The van der Waals surface area contributed by atoms with E-state index in [0.717, 1.165) is 57.1 Å². The first-order valence-corrected chi connectivity index (χ1v) is 17.6. The number of benzene rings is 1. The second-order valence-electron chi connectivity index (χ2n) is 16.0. The Morgan fingerprint density at radius 1 is 1.04 bits per heavy atom. The smallest absolute Gasteiger partial charge is 0.189 e. The molecule has 0 radical (unpaired) electrons. The molecule has 2 bridgehead atoms. The number of carbonyl (C=O) groups is 1. The first kappa shape index (κ1) is 32.5. The van der Waals surface area contributed by atoms with Gasteiger partial charge >= 0.3 is 0 Å². The van der Waals surface area contributed by atoms with Gasteiger partial charge in [0.2, 0.25) is 0 Å². The summed E-state index contributed by atoms with van der Waals surface area (Å²) in [4.78, 5) is 16.8. The summed E-state index contributed by atoms with van der Waals surface area (Å²) in [6, 6.07) is 7.40. The molecule has 8 nitrogen and oxygen atoms in total. The first-order chi connectivity index (χ1) is 21.9. The average Bonchev–Trinajstić information content (AvgIpc) is 3.65. The van der Waals surface area contributed by atoms with Gasteiger partial charge in [-0.3, -0.25) is 9.69 Å². The minimum absolute atomic E-state index is 0.0317. The van der Waals surface area contributed by atoms with Crippen molar-refractivity contribution >= 4 is 5.78 Å². The SMILES string of the molecule is COc1ccc(C(=O)C2=C[C@@]34C=C[C@@]25[C@@H]2CC[C@@](O)(CN(C[C@H](O)CO)C[C@H]6CCCO6)[C@@]2(C)CC[C@@H]5[C@@]3(C)CCC(O)C4)cc1. The van der Waals surface area contributed by atoms with Crippen molar-refractivity contribution in [3.05, 3.63) is 53.6 Å². The molecule has 252 valence electrons. The van der Waals surface area contributed by atoms with Crippen LogP contribution in [0.4, 0.5) is 0 Å². The van der Waals surface area contributed by atoms with Crippen LogP contribution in [0, 0.1) is 33.5 Å². The van der Waals surface area contributed by atoms with Crippen LogP contribution in [0.5, 0.6) is 5.75 Å². The summed E-state index contributed by atoms with van der Waals surface area (Å²) in [5.41, 5.74) is -1.05. The third-order valence-corrected chi connectivity index (χ3v) is 14.0. The number of aliphatic hydroxyl groups excluding tert-OH is 3. The van der Waals surface area contributed by atoms with Gasteiger partial charge in [0, 0.05) is 53.6 Å². The molecule has 1 unspecified atom stereocenters. The Morgan fingerprint density at radius 3 is 2.46 bits per heavy atom. The van der Waals surface area contributed by atoms with Crippen molar-refractivity contribution in [2.24, 2.45) is 33.5 Å². The number of hydrogen-bond acceptors (Lipinski definition) is 8. The van der Waals surface area contributed by atoms with Gasteiger partial charge in [-0.1, -0.05) is 32.1 Å². The van der Waals surface area contributed by atoms with Crippen LogP contribution in [0.1, 0.15) is 82.0 Å². The predicted molar refractivity (Wildman–Crippen MR) is 174 cm³/mol. The molecule has 46 heavy (non-hydrogen) atoms. The van der Waals surface area contributed by atoms with Crippen LogP contribution in [0.3, 0.4) is 0 Å². The third kappa shape index (κ3) is 4.65. The van der Waals surface area contributed by atoms with Gasteiger partial charge in [-0.2, -0.15) is 0 Å². The van der Waals surface area contributed by atoms with Crippen molar-refractivity contribution in [3.8, 4) is 5.75 Å². The normalized spacial score (nSPS) is 43.2. The van der Waals surface area contributed by atoms with E-state index in [1.165, 1.54) is 0 Å². The largest absolute Gasteiger partial charge is 0.497 e. The van der Waals surface area contributed by atoms with Crippen LogP contribution in [0.2, 0.25) is 0 Å². The molecule has 0 amide bonds. The van der Waals surface area contributed by atoms with Gasteiger partial charge in [0.1, 0.15) is 5.75 Å². The standard InChI is InChI=1S/C38H53NO7/c1-34-13-10-26(41)19-36(34)16-17-38(30(20-36)33(43)25-6-8-28(45-3)9-7-25)31(34)11-14-35(2)32(38)12-15-37(35,44)24-39(21-27(42)23-40)22-29-5-4-18-46-29/h6-9,16-17,20,26-27,29,31-32,40-42,44H,4-5,10-15,18-19,21-24H2,1-3H3/t26?,27-,29+,31+,32+,34+,35-,36-,37+,38+/m0/s1. The van der Waals surface area contributed by atoms with E-state index in [1.54, 1.807) is 7.11 Å². The summed E-state index contributed by atoms with van der Waals surface area (Å²) in [5.74, 6) is 1.00. The summed E-state index contributed by atoms with van der Waals surface area (Å²) in [6.45, 7) is 6.32. The zero-order chi connectivity index (χ0) is 32.5. The fraction of sp³-hybridized carbons (Fsp3) is 0.711. The maximum Gasteiger partial charge on any atom is 0.189 e. The highest BCUT2D eigenvalue weighted by Crippen LogP contribution is 2.78. The number of hydrogen-bond donors (Lipinski definition) is 4. The van der Waals surface area contributed by atoms with Crippen molar-refractivity contribution in [1.29, 1.82) is 0 Å². The zero-order valence-corrected chi connectivity index (χ0v) is 27.8.